The van der Waals surface area contributed by atoms with Crippen LogP contribution in [0, 0.1) is 0 Å². The van der Waals surface area contributed by atoms with E-state index in [9.17, 15) is 0 Å². The number of anilines is 3. The van der Waals surface area contributed by atoms with E-state index >= 15 is 0 Å². The van der Waals surface area contributed by atoms with E-state index in [1.54, 1.807) is 0 Å². The lowest BCUT2D eigenvalue weighted by Gasteiger charge is -2.39. The van der Waals surface area contributed by atoms with Gasteiger partial charge in [0.2, 0.25) is 0 Å². The van der Waals surface area contributed by atoms with E-state index in [2.05, 4.69) is 241 Å². The number of hydrogen-bond donors (Lipinski definition) is 0. The van der Waals surface area contributed by atoms with E-state index in [1.807, 2.05) is 0 Å². The standard InChI is InChI=1S/C61H39NO/c1-4-18-48-40(13-1)16-11-21-50(48)43-27-32-45(33-28-43)62(46-34-29-44(30-35-46)51-22-12-17-41-14-2-5-19-49(41)51)47-36-38-54-53(39-47)60-52-20-6-3-15-42(52)31-37-57(60)61(54)55-23-7-9-25-58(55)63-59-26-10-8-24-56(59)61/h1-39H. The number of ether oxygens (including phenoxy) is 1. The molecule has 11 aromatic carbocycles. The monoisotopic (exact) mass is 801 g/mol. The van der Waals surface area contributed by atoms with Crippen LogP contribution in [0.4, 0.5) is 17.1 Å². The van der Waals surface area contributed by atoms with Crippen molar-refractivity contribution in [3.05, 3.63) is 259 Å². The molecule has 0 radical (unpaired) electrons. The molecule has 0 aromatic heterocycles. The molecule has 294 valence electrons. The third-order valence-electron chi connectivity index (χ3n) is 13.5. The minimum atomic E-state index is -0.566. The van der Waals surface area contributed by atoms with Crippen molar-refractivity contribution in [3.8, 4) is 44.9 Å². The largest absolute Gasteiger partial charge is 0.457 e. The van der Waals surface area contributed by atoms with Gasteiger partial charge in [0, 0.05) is 28.2 Å². The first-order valence-corrected chi connectivity index (χ1v) is 21.7. The molecule has 1 spiro atoms. The highest BCUT2D eigenvalue weighted by atomic mass is 16.5. The van der Waals surface area contributed by atoms with Crippen molar-refractivity contribution in [1.29, 1.82) is 0 Å². The number of para-hydroxylation sites is 2. The van der Waals surface area contributed by atoms with Gasteiger partial charge in [0.05, 0.1) is 5.41 Å². The number of benzene rings is 11. The fourth-order valence-electron chi connectivity index (χ4n) is 10.8. The quantitative estimate of drug-likeness (QED) is 0.172. The van der Waals surface area contributed by atoms with Crippen LogP contribution in [0.15, 0.2) is 237 Å². The maximum Gasteiger partial charge on any atom is 0.132 e. The van der Waals surface area contributed by atoms with Gasteiger partial charge in [-0.15, -0.1) is 0 Å². The summed E-state index contributed by atoms with van der Waals surface area (Å²) in [5.74, 6) is 1.79. The maximum absolute atomic E-state index is 6.68. The Labute approximate surface area is 366 Å². The lowest BCUT2D eigenvalue weighted by molar-refractivity contribution is 0.436. The highest BCUT2D eigenvalue weighted by Gasteiger charge is 2.51. The lowest BCUT2D eigenvalue weighted by atomic mass is 9.66. The van der Waals surface area contributed by atoms with Gasteiger partial charge in [0.25, 0.3) is 0 Å². The molecular weight excluding hydrogens is 763 g/mol. The number of hydrogen-bond acceptors (Lipinski definition) is 2. The molecule has 0 saturated heterocycles. The van der Waals surface area contributed by atoms with Gasteiger partial charge in [-0.25, -0.2) is 0 Å². The van der Waals surface area contributed by atoms with Crippen LogP contribution in [-0.4, -0.2) is 0 Å². The van der Waals surface area contributed by atoms with Crippen LogP contribution in [-0.2, 0) is 5.41 Å². The van der Waals surface area contributed by atoms with Crippen LogP contribution in [0.1, 0.15) is 22.3 Å². The number of nitrogens with zero attached hydrogens (tertiary/aromatic N) is 1. The zero-order valence-corrected chi connectivity index (χ0v) is 34.4. The molecule has 0 bridgehead atoms. The molecule has 2 nitrogen and oxygen atoms in total. The van der Waals surface area contributed by atoms with Crippen LogP contribution < -0.4 is 9.64 Å². The molecule has 13 rings (SSSR count). The summed E-state index contributed by atoms with van der Waals surface area (Å²) in [6.07, 6.45) is 0. The Hall–Kier alpha value is -8.20. The molecule has 0 unspecified atom stereocenters. The normalized spacial score (nSPS) is 13.0. The molecule has 0 atom stereocenters. The fraction of sp³-hybridized carbons (Fsp3) is 0.0164. The molecule has 1 heterocycles. The summed E-state index contributed by atoms with van der Waals surface area (Å²) < 4.78 is 6.68. The van der Waals surface area contributed by atoms with E-state index in [0.717, 1.165) is 39.7 Å². The molecule has 2 heteroatoms. The van der Waals surface area contributed by atoms with Gasteiger partial charge in [0.15, 0.2) is 0 Å². The lowest BCUT2D eigenvalue weighted by Crippen LogP contribution is -2.32. The van der Waals surface area contributed by atoms with Crippen molar-refractivity contribution in [2.24, 2.45) is 0 Å². The van der Waals surface area contributed by atoms with Gasteiger partial charge in [0.1, 0.15) is 11.5 Å². The van der Waals surface area contributed by atoms with Crippen molar-refractivity contribution in [2.75, 3.05) is 4.90 Å². The number of rotatable bonds is 5. The SMILES string of the molecule is c1ccc2c(c1)Oc1ccccc1C21c2ccc(N(c3ccc(-c4cccc5ccccc45)cc3)c3ccc(-c4cccc5ccccc45)cc3)cc2-c2c1ccc1ccccc21. The first-order chi connectivity index (χ1) is 31.2. The second kappa shape index (κ2) is 13.9. The van der Waals surface area contributed by atoms with Gasteiger partial charge in [-0.2, -0.15) is 0 Å². The third kappa shape index (κ3) is 5.32. The molecule has 1 aliphatic carbocycles. The molecule has 0 amide bonds. The second-order valence-corrected chi connectivity index (χ2v) is 16.8. The summed E-state index contributed by atoms with van der Waals surface area (Å²) in [5.41, 5.74) is 14.9. The van der Waals surface area contributed by atoms with Gasteiger partial charge in [-0.3, -0.25) is 0 Å². The van der Waals surface area contributed by atoms with Crippen molar-refractivity contribution in [2.45, 2.75) is 5.41 Å². The summed E-state index contributed by atoms with van der Waals surface area (Å²) in [6, 6.07) is 86.5. The Kier molecular flexibility index (Phi) is 7.85. The van der Waals surface area contributed by atoms with Gasteiger partial charge >= 0.3 is 0 Å². The molecule has 63 heavy (non-hydrogen) atoms. The zero-order chi connectivity index (χ0) is 41.5. The molecule has 1 aliphatic heterocycles. The maximum atomic E-state index is 6.68. The van der Waals surface area contributed by atoms with E-state index in [0.29, 0.717) is 0 Å². The van der Waals surface area contributed by atoms with E-state index in [-0.39, 0.29) is 0 Å². The van der Waals surface area contributed by atoms with Crippen LogP contribution in [0.5, 0.6) is 11.5 Å². The molecule has 0 fully saturated rings. The topological polar surface area (TPSA) is 12.5 Å². The predicted molar refractivity (Wildman–Crippen MR) is 262 cm³/mol. The summed E-state index contributed by atoms with van der Waals surface area (Å²) in [5, 5.41) is 7.46. The van der Waals surface area contributed by atoms with Crippen molar-refractivity contribution in [3.63, 3.8) is 0 Å². The minimum Gasteiger partial charge on any atom is -0.457 e. The van der Waals surface area contributed by atoms with Gasteiger partial charge in [-0.1, -0.05) is 188 Å². The van der Waals surface area contributed by atoms with Crippen molar-refractivity contribution in [1.82, 2.24) is 0 Å². The highest BCUT2D eigenvalue weighted by Crippen LogP contribution is 2.63. The van der Waals surface area contributed by atoms with E-state index in [1.165, 1.54) is 76.8 Å². The summed E-state index contributed by atoms with van der Waals surface area (Å²) in [4.78, 5) is 2.42. The Morgan fingerprint density at radius 1 is 0.302 bits per heavy atom. The summed E-state index contributed by atoms with van der Waals surface area (Å²) >= 11 is 0. The average molecular weight is 802 g/mol. The van der Waals surface area contributed by atoms with Crippen LogP contribution in [0.25, 0.3) is 65.7 Å². The fourth-order valence-corrected chi connectivity index (χ4v) is 10.8. The first-order valence-electron chi connectivity index (χ1n) is 21.7. The smallest absolute Gasteiger partial charge is 0.132 e. The molecule has 2 aliphatic rings. The molecule has 11 aromatic rings. The van der Waals surface area contributed by atoms with Gasteiger partial charge < -0.3 is 9.64 Å². The molecule has 0 saturated carbocycles. The van der Waals surface area contributed by atoms with Crippen molar-refractivity contribution < 1.29 is 4.74 Å². The zero-order valence-electron chi connectivity index (χ0n) is 34.4. The Morgan fingerprint density at radius 2 is 0.746 bits per heavy atom. The Balaban J connectivity index is 1.03. The predicted octanol–water partition coefficient (Wildman–Crippen LogP) is 16.4. The first kappa shape index (κ1) is 35.5. The molecule has 0 N–H and O–H groups in total. The third-order valence-corrected chi connectivity index (χ3v) is 13.5. The Morgan fingerprint density at radius 3 is 1.32 bits per heavy atom. The van der Waals surface area contributed by atoms with Crippen LogP contribution in [0.2, 0.25) is 0 Å². The molecular formula is C61H39NO. The summed E-state index contributed by atoms with van der Waals surface area (Å²) in [6.45, 7) is 0. The Bertz CT molecular complexity index is 3420. The highest BCUT2D eigenvalue weighted by molar-refractivity contribution is 6.06. The van der Waals surface area contributed by atoms with Gasteiger partial charge in [-0.05, 0) is 125 Å². The summed E-state index contributed by atoms with van der Waals surface area (Å²) in [7, 11) is 0. The van der Waals surface area contributed by atoms with E-state index in [4.69, 9.17) is 4.74 Å². The number of fused-ring (bicyclic) bond motifs is 13. The van der Waals surface area contributed by atoms with Crippen LogP contribution >= 0.6 is 0 Å². The van der Waals surface area contributed by atoms with Crippen molar-refractivity contribution >= 4 is 49.4 Å². The average Bonchev–Trinajstić information content (AvgIpc) is 3.64. The van der Waals surface area contributed by atoms with Crippen LogP contribution in [0.3, 0.4) is 0 Å². The second-order valence-electron chi connectivity index (χ2n) is 16.8. The van der Waals surface area contributed by atoms with E-state index < -0.39 is 5.41 Å². The minimum absolute atomic E-state index is 0.566.